The zero-order chi connectivity index (χ0) is 24.5. The highest BCUT2D eigenvalue weighted by Crippen LogP contribution is 2.29. The molecule has 1 aliphatic heterocycles. The van der Waals surface area contributed by atoms with Gasteiger partial charge in [-0.15, -0.1) is 0 Å². The molecule has 2 amide bonds. The van der Waals surface area contributed by atoms with Gasteiger partial charge in [0.25, 0.3) is 11.8 Å². The Labute approximate surface area is 201 Å². The van der Waals surface area contributed by atoms with Gasteiger partial charge in [-0.2, -0.15) is 10.1 Å². The number of carbonyl (C=O) groups is 3. The van der Waals surface area contributed by atoms with Crippen LogP contribution < -0.4 is 10.3 Å². The van der Waals surface area contributed by atoms with Crippen molar-refractivity contribution in [2.24, 2.45) is 11.0 Å². The number of hydrazone groups is 1. The predicted molar refractivity (Wildman–Crippen MR) is 131 cm³/mol. The predicted octanol–water partition coefficient (Wildman–Crippen LogP) is 4.59. The van der Waals surface area contributed by atoms with E-state index in [0.29, 0.717) is 40.0 Å². The Hall–Kier alpha value is -4.46. The Balaban J connectivity index is 1.31. The van der Waals surface area contributed by atoms with Crippen LogP contribution in [0.25, 0.3) is 17.4 Å². The lowest BCUT2D eigenvalue weighted by atomic mass is 10.1. The first-order valence-electron chi connectivity index (χ1n) is 11.3. The maximum atomic E-state index is 13.0. The molecule has 0 saturated heterocycles. The molecule has 8 heteroatoms. The Bertz CT molecular complexity index is 1380. The van der Waals surface area contributed by atoms with Crippen molar-refractivity contribution in [3.05, 3.63) is 83.1 Å². The summed E-state index contributed by atoms with van der Waals surface area (Å²) in [6, 6.07) is 16.8. The highest BCUT2D eigenvalue weighted by atomic mass is 16.4. The number of carboxylic acid groups (broad SMARTS) is 1. The van der Waals surface area contributed by atoms with Crippen LogP contribution in [0.3, 0.4) is 0 Å². The van der Waals surface area contributed by atoms with E-state index in [1.165, 1.54) is 30.0 Å². The van der Waals surface area contributed by atoms with E-state index in [2.05, 4.69) is 10.4 Å². The van der Waals surface area contributed by atoms with E-state index >= 15 is 0 Å². The molecular formula is C27H23N3O5. The number of carbonyl (C=O) groups excluding carboxylic acids is 2. The fourth-order valence-electron chi connectivity index (χ4n) is 3.80. The maximum absolute atomic E-state index is 13.0. The third-order valence-electron chi connectivity index (χ3n) is 5.99. The Morgan fingerprint density at radius 2 is 1.89 bits per heavy atom. The van der Waals surface area contributed by atoms with Crippen molar-refractivity contribution in [2.75, 3.05) is 11.6 Å². The second-order valence-corrected chi connectivity index (χ2v) is 8.65. The first-order chi connectivity index (χ1) is 16.9. The largest absolute Gasteiger partial charge is 0.478 e. The molecule has 1 saturated carbocycles. The number of amides is 2. The van der Waals surface area contributed by atoms with Crippen molar-refractivity contribution in [2.45, 2.75) is 19.8 Å². The molecule has 0 atom stereocenters. The van der Waals surface area contributed by atoms with E-state index < -0.39 is 5.97 Å². The lowest BCUT2D eigenvalue weighted by molar-refractivity contribution is -0.114. The van der Waals surface area contributed by atoms with Crippen molar-refractivity contribution in [1.82, 2.24) is 5.32 Å². The molecule has 5 rings (SSSR count). The normalized spacial score (nSPS) is 16.5. The molecule has 176 valence electrons. The van der Waals surface area contributed by atoms with Gasteiger partial charge < -0.3 is 14.8 Å². The molecule has 2 aliphatic rings. The molecular weight excluding hydrogens is 446 g/mol. The van der Waals surface area contributed by atoms with Crippen LogP contribution in [-0.2, 0) is 4.79 Å². The van der Waals surface area contributed by atoms with Crippen molar-refractivity contribution in [1.29, 1.82) is 0 Å². The van der Waals surface area contributed by atoms with Gasteiger partial charge in [-0.05, 0) is 74.2 Å². The zero-order valence-electron chi connectivity index (χ0n) is 19.0. The minimum absolute atomic E-state index is 0.0719. The van der Waals surface area contributed by atoms with Crippen molar-refractivity contribution in [3.8, 4) is 11.3 Å². The average Bonchev–Trinajstić information content (AvgIpc) is 3.51. The SMILES string of the molecule is CC1=NN(c2cccc(C(=O)O)c2)C(=O)/C1=C/c1ccc(-c2ccc(C(=O)NCC3CC3)cc2)o1. The van der Waals surface area contributed by atoms with Crippen molar-refractivity contribution < 1.29 is 23.9 Å². The van der Waals surface area contributed by atoms with Crippen LogP contribution in [0.5, 0.6) is 0 Å². The van der Waals surface area contributed by atoms with Gasteiger partial charge in [0.2, 0.25) is 0 Å². The summed E-state index contributed by atoms with van der Waals surface area (Å²) in [6.07, 6.45) is 3.98. The summed E-state index contributed by atoms with van der Waals surface area (Å²) in [5, 5.41) is 17.7. The van der Waals surface area contributed by atoms with E-state index in [9.17, 15) is 19.5 Å². The van der Waals surface area contributed by atoms with Gasteiger partial charge in [-0.1, -0.05) is 18.2 Å². The molecule has 35 heavy (non-hydrogen) atoms. The first-order valence-corrected chi connectivity index (χ1v) is 11.3. The second kappa shape index (κ2) is 9.06. The number of nitrogens with one attached hydrogen (secondary N) is 1. The fourth-order valence-corrected chi connectivity index (χ4v) is 3.80. The summed E-state index contributed by atoms with van der Waals surface area (Å²) in [5.41, 5.74) is 2.70. The molecule has 0 radical (unpaired) electrons. The number of benzene rings is 2. The number of rotatable bonds is 7. The van der Waals surface area contributed by atoms with Crippen LogP contribution >= 0.6 is 0 Å². The van der Waals surface area contributed by atoms with E-state index in [4.69, 9.17) is 4.42 Å². The van der Waals surface area contributed by atoms with Gasteiger partial charge in [0, 0.05) is 17.7 Å². The molecule has 0 bridgehead atoms. The van der Waals surface area contributed by atoms with E-state index in [1.54, 1.807) is 49.4 Å². The molecule has 1 fully saturated rings. The number of nitrogens with zero attached hydrogens (tertiary/aromatic N) is 2. The van der Waals surface area contributed by atoms with Gasteiger partial charge in [0.15, 0.2) is 0 Å². The maximum Gasteiger partial charge on any atom is 0.335 e. The molecule has 2 heterocycles. The van der Waals surface area contributed by atoms with E-state index in [1.807, 2.05) is 12.1 Å². The fraction of sp³-hybridized carbons (Fsp3) is 0.185. The van der Waals surface area contributed by atoms with Gasteiger partial charge in [0.05, 0.1) is 22.5 Å². The van der Waals surface area contributed by atoms with Crippen LogP contribution in [0.2, 0.25) is 0 Å². The summed E-state index contributed by atoms with van der Waals surface area (Å²) < 4.78 is 5.93. The van der Waals surface area contributed by atoms with Gasteiger partial charge in [-0.3, -0.25) is 9.59 Å². The number of anilines is 1. The van der Waals surface area contributed by atoms with Crippen molar-refractivity contribution in [3.63, 3.8) is 0 Å². The topological polar surface area (TPSA) is 112 Å². The second-order valence-electron chi connectivity index (χ2n) is 8.65. The molecule has 8 nitrogen and oxygen atoms in total. The summed E-state index contributed by atoms with van der Waals surface area (Å²) in [5.74, 6) is 0.172. The molecule has 2 aromatic carbocycles. The summed E-state index contributed by atoms with van der Waals surface area (Å²) in [4.78, 5) is 36.5. The number of hydrogen-bond donors (Lipinski definition) is 2. The van der Waals surface area contributed by atoms with Crippen LogP contribution in [0, 0.1) is 5.92 Å². The molecule has 0 spiro atoms. The van der Waals surface area contributed by atoms with E-state index in [0.717, 1.165) is 12.1 Å². The smallest absolute Gasteiger partial charge is 0.335 e. The van der Waals surface area contributed by atoms with Crippen LogP contribution in [0.15, 0.2) is 75.8 Å². The summed E-state index contributed by atoms with van der Waals surface area (Å²) >= 11 is 0. The quantitative estimate of drug-likeness (QED) is 0.492. The molecule has 1 aliphatic carbocycles. The van der Waals surface area contributed by atoms with Crippen LogP contribution in [0.1, 0.15) is 46.2 Å². The lowest BCUT2D eigenvalue weighted by Crippen LogP contribution is -2.25. The monoisotopic (exact) mass is 469 g/mol. The Morgan fingerprint density at radius 3 is 2.60 bits per heavy atom. The van der Waals surface area contributed by atoms with Gasteiger partial charge in [-0.25, -0.2) is 4.79 Å². The number of hydrogen-bond acceptors (Lipinski definition) is 5. The third-order valence-corrected chi connectivity index (χ3v) is 5.99. The lowest BCUT2D eigenvalue weighted by Gasteiger charge is -2.12. The zero-order valence-corrected chi connectivity index (χ0v) is 19.0. The van der Waals surface area contributed by atoms with E-state index in [-0.39, 0.29) is 17.4 Å². The molecule has 2 N–H and O–H groups in total. The van der Waals surface area contributed by atoms with Gasteiger partial charge in [0.1, 0.15) is 11.5 Å². The average molecular weight is 469 g/mol. The molecule has 0 unspecified atom stereocenters. The molecule has 1 aromatic heterocycles. The number of carboxylic acids is 1. The first kappa shape index (κ1) is 22.3. The highest BCUT2D eigenvalue weighted by Gasteiger charge is 2.29. The Kier molecular flexibility index (Phi) is 5.78. The van der Waals surface area contributed by atoms with Gasteiger partial charge >= 0.3 is 5.97 Å². The Morgan fingerprint density at radius 1 is 1.11 bits per heavy atom. The minimum atomic E-state index is -1.08. The highest BCUT2D eigenvalue weighted by molar-refractivity contribution is 6.32. The standard InChI is InChI=1S/C27H23N3O5/c1-16-23(26(32)30(29-16)21-4-2-3-20(13-21)27(33)34)14-22-11-12-24(35-22)18-7-9-19(10-8-18)25(31)28-15-17-5-6-17/h2-4,7-14,17H,5-6,15H2,1H3,(H,28,31)(H,33,34)/b23-14+. The minimum Gasteiger partial charge on any atom is -0.478 e. The number of aromatic carboxylic acids is 1. The summed E-state index contributed by atoms with van der Waals surface area (Å²) in [6.45, 7) is 2.43. The third kappa shape index (κ3) is 4.77. The van der Waals surface area contributed by atoms with Crippen molar-refractivity contribution >= 4 is 35.3 Å². The number of furan rings is 1. The van der Waals surface area contributed by atoms with Crippen LogP contribution in [-0.4, -0.2) is 35.1 Å². The summed E-state index contributed by atoms with van der Waals surface area (Å²) in [7, 11) is 0. The van der Waals surface area contributed by atoms with Crippen LogP contribution in [0.4, 0.5) is 5.69 Å². The molecule has 3 aromatic rings.